The van der Waals surface area contributed by atoms with Gasteiger partial charge in [-0.1, -0.05) is 15.9 Å². The molecule has 1 aromatic rings. The zero-order valence-corrected chi connectivity index (χ0v) is 12.0. The Kier molecular flexibility index (Phi) is 4.98. The minimum absolute atomic E-state index is 0.126. The van der Waals surface area contributed by atoms with E-state index in [-0.39, 0.29) is 5.60 Å². The molecule has 0 unspecified atom stereocenters. The maximum absolute atomic E-state index is 8.99. The molecule has 4 heteroatoms. The largest absolute Gasteiger partial charge is 0.382 e. The fraction of sp³-hybridized carbons (Fsp3) is 0.462. The van der Waals surface area contributed by atoms with Crippen LogP contribution in [0.4, 0.5) is 5.69 Å². The molecule has 1 aromatic carbocycles. The van der Waals surface area contributed by atoms with E-state index in [0.717, 1.165) is 10.2 Å². The van der Waals surface area contributed by atoms with Gasteiger partial charge in [0.15, 0.2) is 0 Å². The van der Waals surface area contributed by atoms with E-state index in [1.807, 2.05) is 32.9 Å². The molecule has 1 rings (SSSR count). The molecule has 0 aliphatic heterocycles. The van der Waals surface area contributed by atoms with Gasteiger partial charge in [-0.3, -0.25) is 0 Å². The SMILES string of the molecule is CC(C)(C)OCCNc1ccc(Br)cc1C#N. The number of benzene rings is 1. The van der Waals surface area contributed by atoms with Crippen molar-refractivity contribution in [1.29, 1.82) is 5.26 Å². The molecule has 3 nitrogen and oxygen atoms in total. The lowest BCUT2D eigenvalue weighted by atomic mass is 10.2. The van der Waals surface area contributed by atoms with Crippen molar-refractivity contribution in [3.8, 4) is 6.07 Å². The van der Waals surface area contributed by atoms with E-state index in [2.05, 4.69) is 27.3 Å². The summed E-state index contributed by atoms with van der Waals surface area (Å²) in [6.45, 7) is 7.37. The van der Waals surface area contributed by atoms with Crippen molar-refractivity contribution in [3.63, 3.8) is 0 Å². The van der Waals surface area contributed by atoms with Gasteiger partial charge in [0.1, 0.15) is 6.07 Å². The molecule has 0 aromatic heterocycles. The van der Waals surface area contributed by atoms with Gasteiger partial charge in [0.25, 0.3) is 0 Å². The van der Waals surface area contributed by atoms with E-state index in [4.69, 9.17) is 10.00 Å². The second kappa shape index (κ2) is 6.04. The zero-order chi connectivity index (χ0) is 12.9. The van der Waals surface area contributed by atoms with E-state index >= 15 is 0 Å². The van der Waals surface area contributed by atoms with Crippen LogP contribution in [-0.2, 0) is 4.74 Å². The third-order valence-corrected chi connectivity index (χ3v) is 2.55. The highest BCUT2D eigenvalue weighted by molar-refractivity contribution is 9.10. The molecule has 0 spiro atoms. The Morgan fingerprint density at radius 2 is 2.12 bits per heavy atom. The van der Waals surface area contributed by atoms with E-state index in [9.17, 15) is 0 Å². The van der Waals surface area contributed by atoms with Gasteiger partial charge in [-0.25, -0.2) is 0 Å². The number of nitrogens with one attached hydrogen (secondary N) is 1. The average molecular weight is 297 g/mol. The molecule has 92 valence electrons. The fourth-order valence-corrected chi connectivity index (χ4v) is 1.67. The van der Waals surface area contributed by atoms with Crippen LogP contribution in [-0.4, -0.2) is 18.8 Å². The predicted molar refractivity (Wildman–Crippen MR) is 73.1 cm³/mol. The van der Waals surface area contributed by atoms with Crippen LogP contribution in [0.1, 0.15) is 26.3 Å². The van der Waals surface area contributed by atoms with Gasteiger partial charge < -0.3 is 10.1 Å². The number of rotatable bonds is 4. The van der Waals surface area contributed by atoms with Crippen LogP contribution in [0.5, 0.6) is 0 Å². The van der Waals surface area contributed by atoms with Gasteiger partial charge in [-0.15, -0.1) is 0 Å². The lowest BCUT2D eigenvalue weighted by molar-refractivity contribution is 0.00333. The van der Waals surface area contributed by atoms with E-state index < -0.39 is 0 Å². The Bertz CT molecular complexity index is 418. The topological polar surface area (TPSA) is 45.0 Å². The number of anilines is 1. The van der Waals surface area contributed by atoms with Gasteiger partial charge in [-0.2, -0.15) is 5.26 Å². The quantitative estimate of drug-likeness (QED) is 0.864. The smallest absolute Gasteiger partial charge is 0.101 e. The minimum Gasteiger partial charge on any atom is -0.382 e. The summed E-state index contributed by atoms with van der Waals surface area (Å²) in [5.41, 5.74) is 1.35. The highest BCUT2D eigenvalue weighted by Gasteiger charge is 2.09. The molecule has 0 saturated heterocycles. The number of hydrogen-bond donors (Lipinski definition) is 1. The molecule has 1 N–H and O–H groups in total. The van der Waals surface area contributed by atoms with Crippen LogP contribution in [0.3, 0.4) is 0 Å². The second-order valence-electron chi connectivity index (χ2n) is 4.69. The van der Waals surface area contributed by atoms with Crippen molar-refractivity contribution in [3.05, 3.63) is 28.2 Å². The Morgan fingerprint density at radius 3 is 2.71 bits per heavy atom. The normalized spacial score (nSPS) is 11.0. The van der Waals surface area contributed by atoms with Crippen LogP contribution in [0.25, 0.3) is 0 Å². The monoisotopic (exact) mass is 296 g/mol. The molecule has 0 amide bonds. The molecule has 0 saturated carbocycles. The highest BCUT2D eigenvalue weighted by atomic mass is 79.9. The van der Waals surface area contributed by atoms with Crippen LogP contribution < -0.4 is 5.32 Å². The number of halogens is 1. The lowest BCUT2D eigenvalue weighted by Gasteiger charge is -2.19. The number of hydrogen-bond acceptors (Lipinski definition) is 3. The second-order valence-corrected chi connectivity index (χ2v) is 5.60. The van der Waals surface area contributed by atoms with Crippen LogP contribution in [0.15, 0.2) is 22.7 Å². The summed E-state index contributed by atoms with van der Waals surface area (Å²) >= 11 is 3.34. The molecule has 17 heavy (non-hydrogen) atoms. The molecule has 0 fully saturated rings. The van der Waals surface area contributed by atoms with E-state index in [0.29, 0.717) is 18.7 Å². The Labute approximate surface area is 111 Å². The zero-order valence-electron chi connectivity index (χ0n) is 10.4. The molecule has 0 aliphatic rings. The van der Waals surface area contributed by atoms with Crippen LogP contribution in [0.2, 0.25) is 0 Å². The van der Waals surface area contributed by atoms with Gasteiger partial charge in [0.2, 0.25) is 0 Å². The Balaban J connectivity index is 2.50. The molecule has 0 atom stereocenters. The summed E-state index contributed by atoms with van der Waals surface area (Å²) in [5, 5.41) is 12.2. The van der Waals surface area contributed by atoms with Crippen LogP contribution in [0, 0.1) is 11.3 Å². The molecule has 0 bridgehead atoms. The summed E-state index contributed by atoms with van der Waals surface area (Å²) < 4.78 is 6.50. The summed E-state index contributed by atoms with van der Waals surface area (Å²) in [5.74, 6) is 0. The minimum atomic E-state index is -0.126. The molecular weight excluding hydrogens is 280 g/mol. The third-order valence-electron chi connectivity index (χ3n) is 2.05. The van der Waals surface area contributed by atoms with Crippen molar-refractivity contribution in [1.82, 2.24) is 0 Å². The Hall–Kier alpha value is -1.05. The summed E-state index contributed by atoms with van der Waals surface area (Å²) in [6, 6.07) is 7.76. The van der Waals surface area contributed by atoms with E-state index in [1.54, 1.807) is 6.07 Å². The maximum Gasteiger partial charge on any atom is 0.101 e. The first-order valence-electron chi connectivity index (χ1n) is 5.50. The highest BCUT2D eigenvalue weighted by Crippen LogP contribution is 2.20. The fourth-order valence-electron chi connectivity index (χ4n) is 1.31. The average Bonchev–Trinajstić information content (AvgIpc) is 2.24. The summed E-state index contributed by atoms with van der Waals surface area (Å²) in [6.07, 6.45) is 0. The number of nitriles is 1. The van der Waals surface area contributed by atoms with Gasteiger partial charge in [0, 0.05) is 11.0 Å². The maximum atomic E-state index is 8.99. The molecule has 0 heterocycles. The third kappa shape index (κ3) is 5.20. The molecule has 0 aliphatic carbocycles. The first kappa shape index (κ1) is 14.0. The standard InChI is InChI=1S/C13H17BrN2O/c1-13(2,3)17-7-6-16-12-5-4-11(14)8-10(12)9-15/h4-5,8,16H,6-7H2,1-3H3. The van der Waals surface area contributed by atoms with Crippen molar-refractivity contribution in [2.75, 3.05) is 18.5 Å². The van der Waals surface area contributed by atoms with Crippen LogP contribution >= 0.6 is 15.9 Å². The molecular formula is C13H17BrN2O. The summed E-state index contributed by atoms with van der Waals surface area (Å²) in [7, 11) is 0. The summed E-state index contributed by atoms with van der Waals surface area (Å²) in [4.78, 5) is 0. The number of nitrogens with zero attached hydrogens (tertiary/aromatic N) is 1. The van der Waals surface area contributed by atoms with Crippen molar-refractivity contribution >= 4 is 21.6 Å². The first-order chi connectivity index (χ1) is 7.92. The first-order valence-corrected chi connectivity index (χ1v) is 6.29. The van der Waals surface area contributed by atoms with Gasteiger partial charge >= 0.3 is 0 Å². The Morgan fingerprint density at radius 1 is 1.41 bits per heavy atom. The van der Waals surface area contributed by atoms with Crippen molar-refractivity contribution < 1.29 is 4.74 Å². The van der Waals surface area contributed by atoms with Crippen molar-refractivity contribution in [2.45, 2.75) is 26.4 Å². The van der Waals surface area contributed by atoms with Gasteiger partial charge in [0.05, 0.1) is 23.5 Å². The predicted octanol–water partition coefficient (Wildman–Crippen LogP) is 3.55. The number of ether oxygens (including phenoxy) is 1. The van der Waals surface area contributed by atoms with E-state index in [1.165, 1.54) is 0 Å². The molecule has 0 radical (unpaired) electrons. The lowest BCUT2D eigenvalue weighted by Crippen LogP contribution is -2.23. The van der Waals surface area contributed by atoms with Crippen molar-refractivity contribution in [2.24, 2.45) is 0 Å². The van der Waals surface area contributed by atoms with Gasteiger partial charge in [-0.05, 0) is 39.0 Å².